The van der Waals surface area contributed by atoms with Gasteiger partial charge in [-0.25, -0.2) is 4.79 Å². The van der Waals surface area contributed by atoms with Crippen LogP contribution in [0.2, 0.25) is 0 Å². The van der Waals surface area contributed by atoms with Crippen molar-refractivity contribution in [2.24, 2.45) is 0 Å². The number of H-pyrrole nitrogens is 2. The number of aromatic amines is 2. The van der Waals surface area contributed by atoms with Gasteiger partial charge in [0.2, 0.25) is 5.56 Å². The summed E-state index contributed by atoms with van der Waals surface area (Å²) in [5.41, 5.74) is 7.78. The Morgan fingerprint density at radius 3 is 2.61 bits per heavy atom. The Hall–Kier alpha value is -2.76. The standard InChI is InChI=1S/C12H9N3O3/c13-10-4-7(5-11(16)15-10)6-1-2-8-9(3-6)18-12(17)14-8/h1-5H,(H,14,17)(H3,13,15,16). The van der Waals surface area contributed by atoms with Gasteiger partial charge in [0.1, 0.15) is 5.82 Å². The van der Waals surface area contributed by atoms with Gasteiger partial charge in [0.05, 0.1) is 5.52 Å². The van der Waals surface area contributed by atoms with E-state index >= 15 is 0 Å². The minimum atomic E-state index is -0.507. The third-order valence-corrected chi connectivity index (χ3v) is 2.62. The van der Waals surface area contributed by atoms with E-state index in [1.54, 1.807) is 24.3 Å². The highest BCUT2D eigenvalue weighted by atomic mass is 16.4. The van der Waals surface area contributed by atoms with Crippen molar-refractivity contribution < 1.29 is 4.42 Å². The largest absolute Gasteiger partial charge is 0.417 e. The van der Waals surface area contributed by atoms with Gasteiger partial charge in [-0.05, 0) is 29.3 Å². The quantitative estimate of drug-likeness (QED) is 0.594. The highest BCUT2D eigenvalue weighted by Crippen LogP contribution is 2.22. The second-order valence-electron chi connectivity index (χ2n) is 3.91. The molecule has 6 nitrogen and oxygen atoms in total. The van der Waals surface area contributed by atoms with Gasteiger partial charge in [0.15, 0.2) is 5.58 Å². The Kier molecular flexibility index (Phi) is 2.09. The molecule has 0 aliphatic carbocycles. The molecule has 0 spiro atoms. The van der Waals surface area contributed by atoms with Crippen LogP contribution in [0.4, 0.5) is 5.82 Å². The molecular formula is C12H9N3O3. The van der Waals surface area contributed by atoms with Crippen LogP contribution in [-0.2, 0) is 0 Å². The van der Waals surface area contributed by atoms with E-state index in [1.165, 1.54) is 6.07 Å². The number of nitrogen functional groups attached to an aromatic ring is 1. The molecule has 0 atom stereocenters. The number of hydrogen-bond acceptors (Lipinski definition) is 4. The molecular weight excluding hydrogens is 234 g/mol. The number of benzene rings is 1. The number of anilines is 1. The first-order valence-corrected chi connectivity index (χ1v) is 5.25. The lowest BCUT2D eigenvalue weighted by Gasteiger charge is -2.01. The van der Waals surface area contributed by atoms with E-state index < -0.39 is 5.76 Å². The summed E-state index contributed by atoms with van der Waals surface area (Å²) in [6.07, 6.45) is 0. The van der Waals surface area contributed by atoms with Gasteiger partial charge in [-0.1, -0.05) is 6.07 Å². The second kappa shape index (κ2) is 3.63. The van der Waals surface area contributed by atoms with E-state index in [0.717, 1.165) is 5.56 Å². The Labute approximate surface area is 100 Å². The molecule has 6 heteroatoms. The highest BCUT2D eigenvalue weighted by molar-refractivity contribution is 5.80. The Bertz CT molecular complexity index is 841. The minimum absolute atomic E-state index is 0.277. The molecule has 18 heavy (non-hydrogen) atoms. The van der Waals surface area contributed by atoms with Crippen LogP contribution in [0, 0.1) is 0 Å². The zero-order chi connectivity index (χ0) is 12.7. The average Bonchev–Trinajstić information content (AvgIpc) is 2.66. The van der Waals surface area contributed by atoms with Crippen LogP contribution >= 0.6 is 0 Å². The number of oxazole rings is 1. The Morgan fingerprint density at radius 2 is 1.83 bits per heavy atom. The number of fused-ring (bicyclic) bond motifs is 1. The molecule has 2 aromatic heterocycles. The van der Waals surface area contributed by atoms with Gasteiger partial charge in [-0.3, -0.25) is 9.78 Å². The molecule has 0 unspecified atom stereocenters. The van der Waals surface area contributed by atoms with Gasteiger partial charge >= 0.3 is 5.76 Å². The lowest BCUT2D eigenvalue weighted by Crippen LogP contribution is -2.07. The van der Waals surface area contributed by atoms with Crippen LogP contribution in [0.15, 0.2) is 44.3 Å². The lowest BCUT2D eigenvalue weighted by molar-refractivity contribution is 0.555. The highest BCUT2D eigenvalue weighted by Gasteiger charge is 2.05. The smallest absolute Gasteiger partial charge is 0.408 e. The maximum atomic E-state index is 11.3. The number of aromatic nitrogens is 2. The molecule has 0 saturated heterocycles. The monoisotopic (exact) mass is 243 g/mol. The summed E-state index contributed by atoms with van der Waals surface area (Å²) in [6.45, 7) is 0. The predicted molar refractivity (Wildman–Crippen MR) is 67.3 cm³/mol. The van der Waals surface area contributed by atoms with Crippen LogP contribution in [0.1, 0.15) is 0 Å². The summed E-state index contributed by atoms with van der Waals surface area (Å²) < 4.78 is 4.96. The van der Waals surface area contributed by atoms with E-state index in [9.17, 15) is 9.59 Å². The van der Waals surface area contributed by atoms with E-state index in [-0.39, 0.29) is 11.4 Å². The number of nitrogens with one attached hydrogen (secondary N) is 2. The summed E-state index contributed by atoms with van der Waals surface area (Å²) in [6, 6.07) is 8.26. The zero-order valence-corrected chi connectivity index (χ0v) is 9.19. The fraction of sp³-hybridized carbons (Fsp3) is 0. The first-order chi connectivity index (χ1) is 8.61. The topological polar surface area (TPSA) is 105 Å². The fourth-order valence-electron chi connectivity index (χ4n) is 1.86. The summed E-state index contributed by atoms with van der Waals surface area (Å²) in [4.78, 5) is 27.4. The van der Waals surface area contributed by atoms with Crippen molar-refractivity contribution in [2.45, 2.75) is 0 Å². The molecule has 0 bridgehead atoms. The van der Waals surface area contributed by atoms with Crippen molar-refractivity contribution in [1.29, 1.82) is 0 Å². The summed E-state index contributed by atoms with van der Waals surface area (Å²) in [7, 11) is 0. The van der Waals surface area contributed by atoms with Crippen LogP contribution in [0.5, 0.6) is 0 Å². The van der Waals surface area contributed by atoms with E-state index in [1.807, 2.05) is 0 Å². The number of hydrogen-bond donors (Lipinski definition) is 3. The summed E-state index contributed by atoms with van der Waals surface area (Å²) in [5, 5.41) is 0. The summed E-state index contributed by atoms with van der Waals surface area (Å²) >= 11 is 0. The first kappa shape index (κ1) is 10.4. The summed E-state index contributed by atoms with van der Waals surface area (Å²) in [5.74, 6) is -0.222. The van der Waals surface area contributed by atoms with Crippen molar-refractivity contribution in [3.8, 4) is 11.1 Å². The van der Waals surface area contributed by atoms with Gasteiger partial charge in [0, 0.05) is 6.07 Å². The normalized spacial score (nSPS) is 10.9. The molecule has 3 aromatic rings. The van der Waals surface area contributed by atoms with Crippen molar-refractivity contribution in [3.63, 3.8) is 0 Å². The van der Waals surface area contributed by atoms with Gasteiger partial charge in [-0.15, -0.1) is 0 Å². The van der Waals surface area contributed by atoms with E-state index in [2.05, 4.69) is 9.97 Å². The number of rotatable bonds is 1. The predicted octanol–water partition coefficient (Wildman–Crippen LogP) is 1.06. The third-order valence-electron chi connectivity index (χ3n) is 2.62. The molecule has 90 valence electrons. The van der Waals surface area contributed by atoms with E-state index in [0.29, 0.717) is 16.7 Å². The van der Waals surface area contributed by atoms with Crippen LogP contribution in [0.25, 0.3) is 22.2 Å². The van der Waals surface area contributed by atoms with Crippen LogP contribution in [0.3, 0.4) is 0 Å². The zero-order valence-electron chi connectivity index (χ0n) is 9.19. The Morgan fingerprint density at radius 1 is 1.00 bits per heavy atom. The van der Waals surface area contributed by atoms with Gasteiger partial charge in [-0.2, -0.15) is 0 Å². The molecule has 0 fully saturated rings. The fourth-order valence-corrected chi connectivity index (χ4v) is 1.86. The second-order valence-corrected chi connectivity index (χ2v) is 3.91. The Balaban J connectivity index is 2.24. The molecule has 1 aromatic carbocycles. The van der Waals surface area contributed by atoms with Crippen molar-refractivity contribution >= 4 is 16.9 Å². The van der Waals surface area contributed by atoms with Crippen LogP contribution < -0.4 is 17.0 Å². The van der Waals surface area contributed by atoms with Crippen molar-refractivity contribution in [1.82, 2.24) is 9.97 Å². The van der Waals surface area contributed by atoms with Crippen molar-refractivity contribution in [3.05, 3.63) is 51.2 Å². The SMILES string of the molecule is Nc1cc(-c2ccc3[nH]c(=O)oc3c2)cc(=O)[nH]1. The molecule has 0 aliphatic heterocycles. The van der Waals surface area contributed by atoms with Gasteiger partial charge < -0.3 is 15.1 Å². The van der Waals surface area contributed by atoms with Crippen LogP contribution in [-0.4, -0.2) is 9.97 Å². The molecule has 0 amide bonds. The third kappa shape index (κ3) is 1.69. The number of pyridine rings is 1. The maximum absolute atomic E-state index is 11.3. The minimum Gasteiger partial charge on any atom is -0.408 e. The maximum Gasteiger partial charge on any atom is 0.417 e. The number of nitrogens with two attached hydrogens (primary N) is 1. The average molecular weight is 243 g/mol. The molecule has 0 aliphatic rings. The molecule has 3 rings (SSSR count). The van der Waals surface area contributed by atoms with Crippen molar-refractivity contribution in [2.75, 3.05) is 5.73 Å². The molecule has 2 heterocycles. The lowest BCUT2D eigenvalue weighted by atomic mass is 10.1. The van der Waals surface area contributed by atoms with Gasteiger partial charge in [0.25, 0.3) is 0 Å². The molecule has 4 N–H and O–H groups in total. The van der Waals surface area contributed by atoms with E-state index in [4.69, 9.17) is 10.2 Å². The molecule has 0 radical (unpaired) electrons. The first-order valence-electron chi connectivity index (χ1n) is 5.25. The molecule has 0 saturated carbocycles.